The molecular weight excluding hydrogens is 564 g/mol. The lowest BCUT2D eigenvalue weighted by molar-refractivity contribution is 0.598. The Balaban J connectivity index is 0.00000600. The van der Waals surface area contributed by atoms with Crippen LogP contribution in [0.2, 0.25) is 0 Å². The van der Waals surface area contributed by atoms with Crippen LogP contribution < -0.4 is 30.3 Å². The summed E-state index contributed by atoms with van der Waals surface area (Å²) in [5.41, 5.74) is 7.12. The smallest absolute Gasteiger partial charge is 0.363 e. The summed E-state index contributed by atoms with van der Waals surface area (Å²) >= 11 is 0. The molecule has 0 unspecified atom stereocenters. The van der Waals surface area contributed by atoms with E-state index in [1.807, 2.05) is 0 Å². The first kappa shape index (κ1) is 35.6. The van der Waals surface area contributed by atoms with Gasteiger partial charge in [0.1, 0.15) is 10.7 Å². The standard InChI is InChI=1S/C40H62N6/c1-23(2)43(24(3)4)37-35(38(37)44(25(5)6)26(7)8)41-32-21-17-19-31-20-18-22-33(34(31)32)42-36-39(45(27(9)10)28(11)12)40(36)46(29(13)14)30(15)16/h17-30H,1-16H3/p+1. The molecule has 0 saturated heterocycles. The topological polar surface area (TPSA) is 37.7 Å². The molecule has 4 aromatic rings. The highest BCUT2D eigenvalue weighted by atomic mass is 15.3. The molecule has 0 heterocycles. The van der Waals surface area contributed by atoms with Gasteiger partial charge in [0.25, 0.3) is 0 Å². The lowest BCUT2D eigenvalue weighted by Gasteiger charge is -2.33. The largest absolute Gasteiger partial charge is 1.00 e. The van der Waals surface area contributed by atoms with Gasteiger partial charge in [0.2, 0.25) is 0 Å². The Kier molecular flexibility index (Phi) is 10.7. The minimum absolute atomic E-state index is 0. The highest BCUT2D eigenvalue weighted by molar-refractivity contribution is 6.02. The van der Waals surface area contributed by atoms with Crippen molar-refractivity contribution in [3.05, 3.63) is 47.1 Å². The van der Waals surface area contributed by atoms with E-state index in [-0.39, 0.29) is 1.43 Å². The van der Waals surface area contributed by atoms with Gasteiger partial charge in [-0.15, -0.1) is 0 Å². The van der Waals surface area contributed by atoms with Gasteiger partial charge in [-0.3, -0.25) is 0 Å². The number of anilines is 4. The van der Waals surface area contributed by atoms with Gasteiger partial charge in [-0.2, -0.15) is 0 Å². The van der Waals surface area contributed by atoms with E-state index in [1.54, 1.807) is 0 Å². The maximum Gasteiger partial charge on any atom is 1.00 e. The van der Waals surface area contributed by atoms with Crippen molar-refractivity contribution in [1.82, 2.24) is 0 Å². The van der Waals surface area contributed by atoms with E-state index in [9.17, 15) is 0 Å². The van der Waals surface area contributed by atoms with E-state index in [0.29, 0.717) is 48.3 Å². The number of hydrogen-bond donors (Lipinski definition) is 0. The predicted octanol–water partition coefficient (Wildman–Crippen LogP) is 9.66. The molecule has 0 aliphatic heterocycles. The summed E-state index contributed by atoms with van der Waals surface area (Å²) in [5.74, 6) is 0. The molecule has 0 fully saturated rings. The van der Waals surface area contributed by atoms with Crippen molar-refractivity contribution in [2.45, 2.75) is 159 Å². The van der Waals surface area contributed by atoms with Crippen LogP contribution in [0.25, 0.3) is 10.8 Å². The third kappa shape index (κ3) is 6.87. The second-order valence-corrected chi connectivity index (χ2v) is 15.3. The molecule has 0 aromatic heterocycles. The van der Waals surface area contributed by atoms with Crippen LogP contribution in [0.15, 0.2) is 46.4 Å². The molecule has 0 radical (unpaired) electrons. The van der Waals surface area contributed by atoms with Crippen LogP contribution >= 0.6 is 0 Å². The zero-order valence-corrected chi connectivity index (χ0v) is 31.8. The first-order valence-electron chi connectivity index (χ1n) is 17.8. The molecule has 6 heteroatoms. The minimum atomic E-state index is 0. The van der Waals surface area contributed by atoms with E-state index in [1.165, 1.54) is 28.1 Å². The molecule has 0 spiro atoms. The number of rotatable bonds is 14. The van der Waals surface area contributed by atoms with Gasteiger partial charge < -0.3 is 19.6 Å². The average Bonchev–Trinajstić information content (AvgIpc) is 3.79. The Labute approximate surface area is 281 Å². The van der Waals surface area contributed by atoms with Gasteiger partial charge in [0, 0.05) is 53.7 Å². The first-order valence-corrected chi connectivity index (χ1v) is 17.8. The molecule has 6 nitrogen and oxygen atoms in total. The van der Waals surface area contributed by atoms with Crippen molar-refractivity contribution in [2.75, 3.05) is 19.6 Å². The number of hydrogen-bond acceptors (Lipinski definition) is 6. The Hall–Kier alpha value is -3.28. The summed E-state index contributed by atoms with van der Waals surface area (Å²) in [5, 5.41) is 4.51. The molecule has 0 bridgehead atoms. The lowest BCUT2D eigenvalue weighted by Crippen LogP contribution is -2.38. The Bertz CT molecular complexity index is 1430. The van der Waals surface area contributed by atoms with Crippen molar-refractivity contribution >= 4 is 44.9 Å². The molecule has 4 rings (SSSR count). The normalized spacial score (nSPS) is 12.6. The molecule has 252 valence electrons. The fourth-order valence-electron chi connectivity index (χ4n) is 7.69. The highest BCUT2D eigenvalue weighted by Crippen LogP contribution is 2.43. The number of fused-ring (bicyclic) bond motifs is 1. The Morgan fingerprint density at radius 2 is 0.630 bits per heavy atom. The second-order valence-electron chi connectivity index (χ2n) is 15.3. The van der Waals surface area contributed by atoms with Gasteiger partial charge in [-0.1, -0.05) is 24.3 Å². The highest BCUT2D eigenvalue weighted by Gasteiger charge is 2.37. The predicted molar refractivity (Wildman–Crippen MR) is 204 cm³/mol. The molecule has 0 amide bonds. The van der Waals surface area contributed by atoms with E-state index in [2.05, 4.69) is 167 Å². The molecule has 4 aromatic carbocycles. The third-order valence-electron chi connectivity index (χ3n) is 9.03. The van der Waals surface area contributed by atoms with Crippen LogP contribution in [0.5, 0.6) is 0 Å². The van der Waals surface area contributed by atoms with Gasteiger partial charge in [-0.05, 0) is 128 Å². The van der Waals surface area contributed by atoms with Crippen LogP contribution in [0.4, 0.5) is 34.1 Å². The van der Waals surface area contributed by atoms with Crippen LogP contribution in [0.1, 0.15) is 112 Å². The molecule has 0 aliphatic rings. The van der Waals surface area contributed by atoms with Crippen molar-refractivity contribution in [2.24, 2.45) is 9.98 Å². The summed E-state index contributed by atoms with van der Waals surface area (Å²) in [7, 11) is 0. The van der Waals surface area contributed by atoms with Gasteiger partial charge in [0.05, 0.1) is 34.1 Å². The second kappa shape index (κ2) is 13.8. The van der Waals surface area contributed by atoms with Gasteiger partial charge in [0.15, 0.2) is 0 Å². The molecule has 0 aliphatic carbocycles. The van der Waals surface area contributed by atoms with Crippen LogP contribution in [-0.2, 0) is 0 Å². The summed E-state index contributed by atoms with van der Waals surface area (Å²) in [6.07, 6.45) is 0. The van der Waals surface area contributed by atoms with E-state index in [4.69, 9.17) is 9.98 Å². The van der Waals surface area contributed by atoms with Crippen LogP contribution in [0, 0.1) is 0 Å². The van der Waals surface area contributed by atoms with Gasteiger partial charge >= 0.3 is 1.43 Å². The third-order valence-corrected chi connectivity index (χ3v) is 9.03. The first-order chi connectivity index (χ1) is 21.5. The number of nitrogens with zero attached hydrogens (tertiary/aromatic N) is 6. The average molecular weight is 628 g/mol. The van der Waals surface area contributed by atoms with E-state index >= 15 is 0 Å². The molecule has 46 heavy (non-hydrogen) atoms. The van der Waals surface area contributed by atoms with Crippen LogP contribution in [-0.4, -0.2) is 48.3 Å². The summed E-state index contributed by atoms with van der Waals surface area (Å²) in [4.78, 5) is 21.1. The molecule has 0 N–H and O–H groups in total. The number of benzene rings is 2. The molecular formula is C40H63N6+. The van der Waals surface area contributed by atoms with E-state index < -0.39 is 0 Å². The summed E-state index contributed by atoms with van der Waals surface area (Å²) in [6, 6.07) is 16.0. The zero-order chi connectivity index (χ0) is 34.4. The zero-order valence-electron chi connectivity index (χ0n) is 32.8. The van der Waals surface area contributed by atoms with Crippen LogP contribution in [0.3, 0.4) is 0 Å². The fraction of sp³-hybridized carbons (Fsp3) is 0.600. The maximum absolute atomic E-state index is 5.50. The lowest BCUT2D eigenvalue weighted by atomic mass is 10.1. The quantitative estimate of drug-likeness (QED) is 0.140. The van der Waals surface area contributed by atoms with Crippen molar-refractivity contribution in [3.63, 3.8) is 0 Å². The Morgan fingerprint density at radius 3 is 0.848 bits per heavy atom. The summed E-state index contributed by atoms with van der Waals surface area (Å²) < 4.78 is 0. The Morgan fingerprint density at radius 1 is 0.391 bits per heavy atom. The summed E-state index contributed by atoms with van der Waals surface area (Å²) in [6.45, 7) is 36.6. The SMILES string of the molecule is CC(C)N(c1c(N(C(C)C)C(C)C)c1=Nc1cccc2cccc(N=c3c(N(C(C)C)C(C)C)c3N(C(C)C)C(C)C)c12)C(C)C.[H+]. The fourth-order valence-corrected chi connectivity index (χ4v) is 7.69. The molecule has 0 saturated carbocycles. The van der Waals surface area contributed by atoms with Crippen molar-refractivity contribution in [3.8, 4) is 0 Å². The monoisotopic (exact) mass is 628 g/mol. The van der Waals surface area contributed by atoms with E-state index in [0.717, 1.165) is 27.5 Å². The minimum Gasteiger partial charge on any atom is -0.363 e. The molecule has 0 atom stereocenters. The maximum atomic E-state index is 5.50. The van der Waals surface area contributed by atoms with Gasteiger partial charge in [-0.25, -0.2) is 9.98 Å². The van der Waals surface area contributed by atoms with Crippen molar-refractivity contribution in [1.29, 1.82) is 0 Å². The van der Waals surface area contributed by atoms with Crippen molar-refractivity contribution < 1.29 is 1.43 Å².